The fraction of sp³-hybridized carbons (Fsp3) is 0.200. The first-order valence-corrected chi connectivity index (χ1v) is 12.1. The molecule has 3 rings (SSSR count). The van der Waals surface area contributed by atoms with Gasteiger partial charge in [0.05, 0.1) is 0 Å². The van der Waals surface area contributed by atoms with E-state index in [1.807, 2.05) is 31.2 Å². The normalized spacial score (nSPS) is 14.6. The number of Topliss-reactive ketones (excluding diaryl/α,β-unsaturated/α-hetero) is 2. The van der Waals surface area contributed by atoms with E-state index < -0.39 is 19.8 Å². The molecule has 5 heteroatoms. The van der Waals surface area contributed by atoms with Gasteiger partial charge in [-0.25, -0.2) is 0 Å². The molecular weight excluding hydrogens is 431 g/mol. The zero-order valence-corrected chi connectivity index (χ0v) is 16.3. The van der Waals surface area contributed by atoms with E-state index in [0.29, 0.717) is 11.1 Å². The van der Waals surface area contributed by atoms with Gasteiger partial charge in [0.2, 0.25) is 0 Å². The van der Waals surface area contributed by atoms with Crippen LogP contribution in [0.1, 0.15) is 59.5 Å². The van der Waals surface area contributed by atoms with Gasteiger partial charge in [-0.15, -0.1) is 0 Å². The molecule has 0 radical (unpaired) electrons. The standard InChI is InChI=1S/C20H17IO4/c1-11-4-6-13(7-5-11)8-18(23)15-10-17-16(9-14(15)12(2)22)19(24)21(3)20(17)25/h4-7,9-10H,8H2,1-3H3. The van der Waals surface area contributed by atoms with E-state index in [2.05, 4.69) is 0 Å². The van der Waals surface area contributed by atoms with Crippen molar-refractivity contribution < 1.29 is 19.2 Å². The summed E-state index contributed by atoms with van der Waals surface area (Å²) in [6, 6.07) is 10.5. The number of fused-ring (bicyclic) bond motifs is 1. The monoisotopic (exact) mass is 448 g/mol. The van der Waals surface area contributed by atoms with Crippen molar-refractivity contribution in [1.82, 2.24) is 0 Å². The second-order valence-corrected chi connectivity index (χ2v) is 10.8. The summed E-state index contributed by atoms with van der Waals surface area (Å²) in [7, 11) is 0. The molecule has 1 aliphatic heterocycles. The molecule has 0 spiro atoms. The zero-order chi connectivity index (χ0) is 18.3. The van der Waals surface area contributed by atoms with Gasteiger partial charge < -0.3 is 0 Å². The Bertz CT molecular complexity index is 925. The van der Waals surface area contributed by atoms with Crippen molar-refractivity contribution in [3.63, 3.8) is 0 Å². The number of carbonyl (C=O) groups is 4. The van der Waals surface area contributed by atoms with Crippen LogP contribution in [0, 0.1) is 6.92 Å². The number of halogens is 1. The van der Waals surface area contributed by atoms with Crippen LogP contribution in [0.3, 0.4) is 0 Å². The van der Waals surface area contributed by atoms with E-state index in [1.165, 1.54) is 19.1 Å². The number of hydrogen-bond donors (Lipinski definition) is 0. The van der Waals surface area contributed by atoms with Crippen molar-refractivity contribution in [2.45, 2.75) is 20.3 Å². The van der Waals surface area contributed by atoms with Gasteiger partial charge in [-0.3, -0.25) is 0 Å². The second-order valence-electron chi connectivity index (χ2n) is 6.10. The minimum absolute atomic E-state index is 0.135. The molecule has 0 amide bonds. The fourth-order valence-corrected chi connectivity index (χ4v) is 5.90. The first-order chi connectivity index (χ1) is 11.8. The fourth-order valence-electron chi connectivity index (χ4n) is 2.82. The van der Waals surface area contributed by atoms with Crippen LogP contribution >= 0.6 is 19.8 Å². The Kier molecular flexibility index (Phi) is 4.69. The van der Waals surface area contributed by atoms with Crippen LogP contribution in [-0.4, -0.2) is 24.1 Å². The molecular formula is C20H17IO4. The van der Waals surface area contributed by atoms with Crippen molar-refractivity contribution in [2.75, 3.05) is 4.93 Å². The average molecular weight is 448 g/mol. The summed E-state index contributed by atoms with van der Waals surface area (Å²) in [5.41, 5.74) is 3.03. The number of alkyl halides is 1. The molecule has 0 aliphatic carbocycles. The Labute approximate surface area is 153 Å². The maximum absolute atomic E-state index is 12.8. The van der Waals surface area contributed by atoms with Crippen LogP contribution in [0.4, 0.5) is 0 Å². The third kappa shape index (κ3) is 3.20. The molecule has 2 aromatic carbocycles. The summed E-state index contributed by atoms with van der Waals surface area (Å²) in [6.45, 7) is 3.34. The van der Waals surface area contributed by atoms with Crippen LogP contribution in [0.25, 0.3) is 0 Å². The zero-order valence-electron chi connectivity index (χ0n) is 14.2. The molecule has 0 aromatic heterocycles. The van der Waals surface area contributed by atoms with E-state index in [4.69, 9.17) is 0 Å². The minimum atomic E-state index is -2.39. The van der Waals surface area contributed by atoms with Crippen molar-refractivity contribution in [3.8, 4) is 0 Å². The van der Waals surface area contributed by atoms with Crippen LogP contribution in [-0.2, 0) is 6.42 Å². The van der Waals surface area contributed by atoms with E-state index in [1.54, 1.807) is 4.93 Å². The third-order valence-electron chi connectivity index (χ3n) is 4.26. The van der Waals surface area contributed by atoms with Gasteiger partial charge in [-0.1, -0.05) is 0 Å². The van der Waals surface area contributed by atoms with Gasteiger partial charge in [-0.05, 0) is 0 Å². The number of ketones is 2. The molecule has 1 aliphatic rings. The summed E-state index contributed by atoms with van der Waals surface area (Å²) in [5.74, 6) is -0.501. The number of aryl methyl sites for hydroxylation is 1. The van der Waals surface area contributed by atoms with E-state index in [0.717, 1.165) is 11.1 Å². The quantitative estimate of drug-likeness (QED) is 0.306. The molecule has 0 bridgehead atoms. The van der Waals surface area contributed by atoms with Crippen molar-refractivity contribution in [3.05, 3.63) is 69.8 Å². The van der Waals surface area contributed by atoms with Gasteiger partial charge in [-0.2, -0.15) is 0 Å². The van der Waals surface area contributed by atoms with Crippen molar-refractivity contribution in [2.24, 2.45) is 0 Å². The summed E-state index contributed by atoms with van der Waals surface area (Å²) in [4.78, 5) is 51.0. The van der Waals surface area contributed by atoms with E-state index in [9.17, 15) is 19.2 Å². The molecule has 0 saturated carbocycles. The molecule has 1 heterocycles. The first kappa shape index (κ1) is 17.7. The van der Waals surface area contributed by atoms with Gasteiger partial charge in [0, 0.05) is 0 Å². The second kappa shape index (κ2) is 6.63. The number of rotatable bonds is 4. The average Bonchev–Trinajstić information content (AvgIpc) is 2.80. The van der Waals surface area contributed by atoms with Gasteiger partial charge in [0.25, 0.3) is 0 Å². The number of benzene rings is 2. The summed E-state index contributed by atoms with van der Waals surface area (Å²) in [5, 5.41) is 0. The molecule has 0 fully saturated rings. The van der Waals surface area contributed by atoms with Crippen molar-refractivity contribution >= 4 is 39.0 Å². The van der Waals surface area contributed by atoms with Gasteiger partial charge >= 0.3 is 153 Å². The molecule has 0 atom stereocenters. The van der Waals surface area contributed by atoms with E-state index >= 15 is 0 Å². The van der Waals surface area contributed by atoms with E-state index in [-0.39, 0.29) is 36.7 Å². The van der Waals surface area contributed by atoms with Crippen LogP contribution in [0.5, 0.6) is 0 Å². The predicted molar refractivity (Wildman–Crippen MR) is 104 cm³/mol. The molecule has 2 aromatic rings. The molecule has 128 valence electrons. The Hall–Kier alpha value is -2.15. The molecule has 0 N–H and O–H groups in total. The number of carbonyl (C=O) groups excluding carboxylic acids is 4. The van der Waals surface area contributed by atoms with Crippen LogP contribution in [0.15, 0.2) is 36.4 Å². The van der Waals surface area contributed by atoms with Gasteiger partial charge in [0.1, 0.15) is 0 Å². The SMILES string of the molecule is CC(=O)c1cc2c(cc1C(=O)Cc1ccc(C)cc1)C(=O)I(C)C2=O. The van der Waals surface area contributed by atoms with Crippen LogP contribution < -0.4 is 0 Å². The Balaban J connectivity index is 2.05. The third-order valence-corrected chi connectivity index (χ3v) is 8.36. The van der Waals surface area contributed by atoms with Crippen LogP contribution in [0.2, 0.25) is 0 Å². The summed E-state index contributed by atoms with van der Waals surface area (Å²) in [6.07, 6.45) is 0.149. The Morgan fingerprint density at radius 2 is 1.44 bits per heavy atom. The topological polar surface area (TPSA) is 68.3 Å². The molecule has 25 heavy (non-hydrogen) atoms. The van der Waals surface area contributed by atoms with Crippen molar-refractivity contribution in [1.29, 1.82) is 0 Å². The number of hydrogen-bond acceptors (Lipinski definition) is 4. The predicted octanol–water partition coefficient (Wildman–Crippen LogP) is 4.05. The maximum atomic E-state index is 12.8. The molecule has 0 unspecified atom stereocenters. The Morgan fingerprint density at radius 1 is 0.920 bits per heavy atom. The molecule has 4 nitrogen and oxygen atoms in total. The summed E-state index contributed by atoms with van der Waals surface area (Å²) >= 11 is -2.39. The molecule has 0 saturated heterocycles. The summed E-state index contributed by atoms with van der Waals surface area (Å²) < 4.78 is -0.270. The first-order valence-electron chi connectivity index (χ1n) is 7.76. The van der Waals surface area contributed by atoms with Gasteiger partial charge in [0.15, 0.2) is 0 Å². The Morgan fingerprint density at radius 3 is 1.96 bits per heavy atom.